The average molecular weight is 158 g/mol. The van der Waals surface area contributed by atoms with E-state index in [0.717, 1.165) is 6.42 Å². The van der Waals surface area contributed by atoms with Crippen molar-refractivity contribution in [1.29, 1.82) is 0 Å². The van der Waals surface area contributed by atoms with Crippen LogP contribution in [0.15, 0.2) is 17.7 Å². The van der Waals surface area contributed by atoms with Crippen LogP contribution in [0.2, 0.25) is 0 Å². The Kier molecular flexibility index (Phi) is 1.57. The molecule has 1 aliphatic carbocycles. The fourth-order valence-corrected chi connectivity index (χ4v) is 2.02. The van der Waals surface area contributed by atoms with E-state index in [2.05, 4.69) is 39.0 Å². The van der Waals surface area contributed by atoms with E-state index in [-0.39, 0.29) is 0 Å². The minimum absolute atomic E-state index is 1.15. The summed E-state index contributed by atoms with van der Waals surface area (Å²) in [7, 11) is 0. The van der Waals surface area contributed by atoms with E-state index < -0.39 is 0 Å². The van der Waals surface area contributed by atoms with Gasteiger partial charge >= 0.3 is 0 Å². The zero-order chi connectivity index (χ0) is 8.72. The molecule has 0 heteroatoms. The predicted molar refractivity (Wildman–Crippen MR) is 53.3 cm³/mol. The molecule has 0 amide bonds. The van der Waals surface area contributed by atoms with E-state index in [0.29, 0.717) is 0 Å². The largest absolute Gasteiger partial charge is 0.0683 e. The molecule has 0 nitrogen and oxygen atoms in total. The van der Waals surface area contributed by atoms with Crippen molar-refractivity contribution < 1.29 is 0 Å². The molecule has 1 aromatic rings. The maximum absolute atomic E-state index is 2.31. The standard InChI is InChI=1S/C12H14/c1-8-4-10(3)12-7-9(2)6-11(12)5-8/h4-5,7H,6H2,1-3H3. The maximum Gasteiger partial charge on any atom is -0.00604 e. The Morgan fingerprint density at radius 3 is 2.58 bits per heavy atom. The Labute approximate surface area is 73.9 Å². The van der Waals surface area contributed by atoms with Gasteiger partial charge in [0.05, 0.1) is 0 Å². The highest BCUT2D eigenvalue weighted by molar-refractivity contribution is 5.66. The van der Waals surface area contributed by atoms with E-state index >= 15 is 0 Å². The number of hydrogen-bond acceptors (Lipinski definition) is 0. The van der Waals surface area contributed by atoms with Crippen molar-refractivity contribution in [2.75, 3.05) is 0 Å². The first kappa shape index (κ1) is 7.60. The van der Waals surface area contributed by atoms with Crippen molar-refractivity contribution in [2.45, 2.75) is 27.2 Å². The third-order valence-corrected chi connectivity index (χ3v) is 2.48. The number of fused-ring (bicyclic) bond motifs is 1. The van der Waals surface area contributed by atoms with E-state index in [1.165, 1.54) is 27.8 Å². The van der Waals surface area contributed by atoms with Crippen molar-refractivity contribution in [2.24, 2.45) is 0 Å². The summed E-state index contributed by atoms with van der Waals surface area (Å²) in [5, 5.41) is 0. The van der Waals surface area contributed by atoms with Crippen molar-refractivity contribution >= 4 is 6.08 Å². The number of rotatable bonds is 0. The summed E-state index contributed by atoms with van der Waals surface area (Å²) in [6.45, 7) is 6.57. The number of aryl methyl sites for hydroxylation is 2. The first-order valence-corrected chi connectivity index (χ1v) is 4.44. The molecule has 0 spiro atoms. The van der Waals surface area contributed by atoms with Gasteiger partial charge in [-0.3, -0.25) is 0 Å². The Hall–Kier alpha value is -1.04. The second-order valence-corrected chi connectivity index (χ2v) is 3.82. The first-order valence-electron chi connectivity index (χ1n) is 4.44. The maximum atomic E-state index is 2.31. The van der Waals surface area contributed by atoms with Crippen LogP contribution in [-0.2, 0) is 6.42 Å². The lowest BCUT2D eigenvalue weighted by Crippen LogP contribution is -1.88. The first-order chi connectivity index (χ1) is 5.66. The quantitative estimate of drug-likeness (QED) is 0.543. The van der Waals surface area contributed by atoms with Gasteiger partial charge in [0.25, 0.3) is 0 Å². The third-order valence-electron chi connectivity index (χ3n) is 2.48. The lowest BCUT2D eigenvalue weighted by Gasteiger charge is -2.04. The predicted octanol–water partition coefficient (Wildman–Crippen LogP) is 3.26. The summed E-state index contributed by atoms with van der Waals surface area (Å²) in [4.78, 5) is 0. The van der Waals surface area contributed by atoms with Crippen LogP contribution in [0.25, 0.3) is 6.08 Å². The molecule has 1 aromatic carbocycles. The minimum Gasteiger partial charge on any atom is -0.0683 e. The van der Waals surface area contributed by atoms with Crippen molar-refractivity contribution in [3.63, 3.8) is 0 Å². The van der Waals surface area contributed by atoms with Gasteiger partial charge in [-0.25, -0.2) is 0 Å². The van der Waals surface area contributed by atoms with Crippen LogP contribution in [0, 0.1) is 13.8 Å². The van der Waals surface area contributed by atoms with Gasteiger partial charge in [-0.2, -0.15) is 0 Å². The molecule has 0 atom stereocenters. The molecule has 0 heterocycles. The molecule has 0 saturated heterocycles. The monoisotopic (exact) mass is 158 g/mol. The molecule has 2 rings (SSSR count). The number of hydrogen-bond donors (Lipinski definition) is 0. The topological polar surface area (TPSA) is 0 Å². The van der Waals surface area contributed by atoms with Gasteiger partial charge in [-0.15, -0.1) is 0 Å². The van der Waals surface area contributed by atoms with Crippen LogP contribution in [0.5, 0.6) is 0 Å². The molecular formula is C12H14. The van der Waals surface area contributed by atoms with E-state index in [1.807, 2.05) is 0 Å². The Bertz CT molecular complexity index is 357. The summed E-state index contributed by atoms with van der Waals surface area (Å²) >= 11 is 0. The molecule has 0 radical (unpaired) electrons. The van der Waals surface area contributed by atoms with Crippen molar-refractivity contribution in [1.82, 2.24) is 0 Å². The Balaban J connectivity index is 2.62. The number of allylic oxidation sites excluding steroid dienone is 1. The second kappa shape index (κ2) is 2.48. The van der Waals surface area contributed by atoms with Gasteiger partial charge in [0.2, 0.25) is 0 Å². The normalized spacial score (nSPS) is 14.4. The van der Waals surface area contributed by atoms with Crippen LogP contribution in [-0.4, -0.2) is 0 Å². The number of benzene rings is 1. The Morgan fingerprint density at radius 2 is 1.83 bits per heavy atom. The van der Waals surface area contributed by atoms with Gasteiger partial charge in [0.1, 0.15) is 0 Å². The van der Waals surface area contributed by atoms with Crippen molar-refractivity contribution in [3.05, 3.63) is 40.0 Å². The van der Waals surface area contributed by atoms with E-state index in [1.54, 1.807) is 0 Å². The molecule has 12 heavy (non-hydrogen) atoms. The molecular weight excluding hydrogens is 144 g/mol. The summed E-state index contributed by atoms with van der Waals surface area (Å²) in [6, 6.07) is 4.56. The molecule has 0 bridgehead atoms. The highest BCUT2D eigenvalue weighted by atomic mass is 14.2. The van der Waals surface area contributed by atoms with Gasteiger partial charge in [-0.1, -0.05) is 29.3 Å². The second-order valence-electron chi connectivity index (χ2n) is 3.82. The van der Waals surface area contributed by atoms with Crippen LogP contribution < -0.4 is 0 Å². The average Bonchev–Trinajstić information content (AvgIpc) is 2.29. The molecule has 0 N–H and O–H groups in total. The lowest BCUT2D eigenvalue weighted by molar-refractivity contribution is 1.18. The zero-order valence-electron chi connectivity index (χ0n) is 7.94. The minimum atomic E-state index is 1.15. The van der Waals surface area contributed by atoms with Crippen LogP contribution >= 0.6 is 0 Å². The molecule has 0 aliphatic heterocycles. The van der Waals surface area contributed by atoms with Crippen molar-refractivity contribution in [3.8, 4) is 0 Å². The van der Waals surface area contributed by atoms with Gasteiger partial charge in [0.15, 0.2) is 0 Å². The van der Waals surface area contributed by atoms with Crippen LogP contribution in [0.4, 0.5) is 0 Å². The summed E-state index contributed by atoms with van der Waals surface area (Å²) < 4.78 is 0. The van der Waals surface area contributed by atoms with Gasteiger partial charge in [-0.05, 0) is 43.9 Å². The Morgan fingerprint density at radius 1 is 1.08 bits per heavy atom. The van der Waals surface area contributed by atoms with Crippen LogP contribution in [0.1, 0.15) is 29.2 Å². The molecule has 0 aromatic heterocycles. The summed E-state index contributed by atoms with van der Waals surface area (Å²) in [6.07, 6.45) is 3.46. The summed E-state index contributed by atoms with van der Waals surface area (Å²) in [5.41, 5.74) is 7.25. The zero-order valence-corrected chi connectivity index (χ0v) is 7.94. The third kappa shape index (κ3) is 1.08. The molecule has 0 saturated carbocycles. The fraction of sp³-hybridized carbons (Fsp3) is 0.333. The molecule has 1 aliphatic rings. The molecule has 0 fully saturated rings. The van der Waals surface area contributed by atoms with Crippen LogP contribution in [0.3, 0.4) is 0 Å². The van der Waals surface area contributed by atoms with E-state index in [4.69, 9.17) is 0 Å². The lowest BCUT2D eigenvalue weighted by atomic mass is 10.0. The fourth-order valence-electron chi connectivity index (χ4n) is 2.02. The molecule has 0 unspecified atom stereocenters. The molecule has 62 valence electrons. The van der Waals surface area contributed by atoms with Gasteiger partial charge in [0, 0.05) is 0 Å². The van der Waals surface area contributed by atoms with E-state index in [9.17, 15) is 0 Å². The highest BCUT2D eigenvalue weighted by Gasteiger charge is 2.11. The van der Waals surface area contributed by atoms with Gasteiger partial charge < -0.3 is 0 Å². The SMILES string of the molecule is CC1=Cc2c(C)cc(C)cc2C1. The summed E-state index contributed by atoms with van der Waals surface area (Å²) in [5.74, 6) is 0. The highest BCUT2D eigenvalue weighted by Crippen LogP contribution is 2.28. The smallest absolute Gasteiger partial charge is 0.00604 e.